The second-order valence-electron chi connectivity index (χ2n) is 5.70. The average molecular weight is 345 g/mol. The van der Waals surface area contributed by atoms with Crippen LogP contribution in [0.2, 0.25) is 0 Å². The van der Waals surface area contributed by atoms with Crippen molar-refractivity contribution in [2.75, 3.05) is 31.1 Å². The molecule has 0 atom stereocenters. The molecule has 0 saturated carbocycles. The van der Waals surface area contributed by atoms with Crippen LogP contribution in [-0.4, -0.2) is 51.9 Å². The average Bonchev–Trinajstić information content (AvgIpc) is 2.62. The number of carbonyl (C=O) groups excluding carboxylic acids is 1. The standard InChI is InChI=1S/C16H16FN5O3/c1-11-14(8-13(10-18-11)22(24)25)16(23)21-6-4-20(5-7-21)15-3-2-12(17)9-19-15/h2-3,8-10H,4-7H2,1H3. The number of rotatable bonds is 3. The molecular weight excluding hydrogens is 329 g/mol. The predicted octanol–water partition coefficient (Wildman–Crippen LogP) is 1.79. The maximum absolute atomic E-state index is 12.9. The summed E-state index contributed by atoms with van der Waals surface area (Å²) in [5, 5.41) is 10.9. The van der Waals surface area contributed by atoms with Crippen LogP contribution in [0.15, 0.2) is 30.6 Å². The van der Waals surface area contributed by atoms with E-state index in [0.29, 0.717) is 37.7 Å². The normalized spacial score (nSPS) is 14.5. The van der Waals surface area contributed by atoms with E-state index in [0.717, 1.165) is 12.4 Å². The molecule has 1 amide bonds. The molecule has 1 aliphatic heterocycles. The SMILES string of the molecule is Cc1ncc([N+](=O)[O-])cc1C(=O)N1CCN(c2ccc(F)cn2)CC1. The van der Waals surface area contributed by atoms with Gasteiger partial charge in [-0.3, -0.25) is 19.9 Å². The van der Waals surface area contributed by atoms with Gasteiger partial charge in [-0.05, 0) is 19.1 Å². The first-order chi connectivity index (χ1) is 12.0. The highest BCUT2D eigenvalue weighted by Gasteiger charge is 2.25. The maximum atomic E-state index is 12.9. The van der Waals surface area contributed by atoms with Crippen LogP contribution in [0, 0.1) is 22.9 Å². The van der Waals surface area contributed by atoms with Crippen molar-refractivity contribution >= 4 is 17.4 Å². The zero-order chi connectivity index (χ0) is 18.0. The molecule has 0 aliphatic carbocycles. The number of aromatic nitrogens is 2. The third kappa shape index (κ3) is 3.54. The van der Waals surface area contributed by atoms with Gasteiger partial charge in [0.05, 0.1) is 22.4 Å². The lowest BCUT2D eigenvalue weighted by Gasteiger charge is -2.35. The number of halogens is 1. The van der Waals surface area contributed by atoms with Gasteiger partial charge < -0.3 is 9.80 Å². The first kappa shape index (κ1) is 16.7. The van der Waals surface area contributed by atoms with E-state index in [4.69, 9.17) is 0 Å². The molecule has 25 heavy (non-hydrogen) atoms. The maximum Gasteiger partial charge on any atom is 0.288 e. The fourth-order valence-corrected chi connectivity index (χ4v) is 2.70. The first-order valence-electron chi connectivity index (χ1n) is 7.72. The third-order valence-corrected chi connectivity index (χ3v) is 4.12. The first-order valence-corrected chi connectivity index (χ1v) is 7.72. The van der Waals surface area contributed by atoms with Crippen molar-refractivity contribution in [2.24, 2.45) is 0 Å². The van der Waals surface area contributed by atoms with Crippen molar-refractivity contribution in [3.8, 4) is 0 Å². The van der Waals surface area contributed by atoms with E-state index in [9.17, 15) is 19.3 Å². The number of nitrogens with zero attached hydrogens (tertiary/aromatic N) is 5. The summed E-state index contributed by atoms with van der Waals surface area (Å²) in [5.74, 6) is -0.0201. The van der Waals surface area contributed by atoms with Crippen LogP contribution in [0.25, 0.3) is 0 Å². The molecule has 9 heteroatoms. The summed E-state index contributed by atoms with van der Waals surface area (Å²) in [6.45, 7) is 3.63. The number of aryl methyl sites for hydroxylation is 1. The van der Waals surface area contributed by atoms with Gasteiger partial charge >= 0.3 is 0 Å². The highest BCUT2D eigenvalue weighted by molar-refractivity contribution is 5.96. The Morgan fingerprint density at radius 2 is 1.92 bits per heavy atom. The second kappa shape index (κ2) is 6.80. The lowest BCUT2D eigenvalue weighted by Crippen LogP contribution is -2.49. The molecule has 1 fully saturated rings. The molecule has 0 N–H and O–H groups in total. The lowest BCUT2D eigenvalue weighted by atomic mass is 10.1. The number of carbonyl (C=O) groups is 1. The summed E-state index contributed by atoms with van der Waals surface area (Å²) in [6, 6.07) is 4.21. The van der Waals surface area contributed by atoms with E-state index in [2.05, 4.69) is 9.97 Å². The lowest BCUT2D eigenvalue weighted by molar-refractivity contribution is -0.385. The smallest absolute Gasteiger partial charge is 0.288 e. The summed E-state index contributed by atoms with van der Waals surface area (Å²) in [4.78, 5) is 34.6. The van der Waals surface area contributed by atoms with Crippen molar-refractivity contribution in [3.05, 3.63) is 57.8 Å². The number of amides is 1. The van der Waals surface area contributed by atoms with Crippen molar-refractivity contribution in [2.45, 2.75) is 6.92 Å². The van der Waals surface area contributed by atoms with E-state index < -0.39 is 10.7 Å². The van der Waals surface area contributed by atoms with Crippen molar-refractivity contribution < 1.29 is 14.1 Å². The fraction of sp³-hybridized carbons (Fsp3) is 0.312. The minimum Gasteiger partial charge on any atom is -0.353 e. The van der Waals surface area contributed by atoms with E-state index >= 15 is 0 Å². The fourth-order valence-electron chi connectivity index (χ4n) is 2.70. The Kier molecular flexibility index (Phi) is 4.55. The van der Waals surface area contributed by atoms with Gasteiger partial charge in [0.25, 0.3) is 11.6 Å². The molecule has 130 valence electrons. The van der Waals surface area contributed by atoms with Crippen molar-refractivity contribution in [1.29, 1.82) is 0 Å². The van der Waals surface area contributed by atoms with Crippen molar-refractivity contribution in [3.63, 3.8) is 0 Å². The molecule has 0 spiro atoms. The highest BCUT2D eigenvalue weighted by Crippen LogP contribution is 2.19. The van der Waals surface area contributed by atoms with Crippen LogP contribution in [0.3, 0.4) is 0 Å². The van der Waals surface area contributed by atoms with Gasteiger partial charge in [0.15, 0.2) is 0 Å². The van der Waals surface area contributed by atoms with Crippen LogP contribution in [0.1, 0.15) is 16.1 Å². The van der Waals surface area contributed by atoms with Gasteiger partial charge in [-0.2, -0.15) is 0 Å². The van der Waals surface area contributed by atoms with E-state index in [1.54, 1.807) is 17.9 Å². The van der Waals surface area contributed by atoms with Gasteiger partial charge in [0.1, 0.15) is 17.8 Å². The molecule has 2 aromatic heterocycles. The van der Waals surface area contributed by atoms with Gasteiger partial charge in [0.2, 0.25) is 0 Å². The molecule has 2 aromatic rings. The van der Waals surface area contributed by atoms with Gasteiger partial charge in [0, 0.05) is 32.2 Å². The number of nitro groups is 1. The molecule has 3 heterocycles. The van der Waals surface area contributed by atoms with Crippen LogP contribution < -0.4 is 4.90 Å². The highest BCUT2D eigenvalue weighted by atomic mass is 19.1. The van der Waals surface area contributed by atoms with Gasteiger partial charge in [-0.1, -0.05) is 0 Å². The van der Waals surface area contributed by atoms with Gasteiger partial charge in [-0.25, -0.2) is 9.37 Å². The molecule has 0 radical (unpaired) electrons. The Bertz CT molecular complexity index is 804. The Balaban J connectivity index is 1.70. The monoisotopic (exact) mass is 345 g/mol. The van der Waals surface area contributed by atoms with E-state index in [-0.39, 0.29) is 17.2 Å². The van der Waals surface area contributed by atoms with E-state index in [1.807, 2.05) is 4.90 Å². The Morgan fingerprint density at radius 3 is 2.52 bits per heavy atom. The quantitative estimate of drug-likeness (QED) is 0.622. The zero-order valence-electron chi connectivity index (χ0n) is 13.6. The second-order valence-corrected chi connectivity index (χ2v) is 5.70. The topological polar surface area (TPSA) is 92.5 Å². The summed E-state index contributed by atoms with van der Waals surface area (Å²) in [5.41, 5.74) is 0.490. The largest absolute Gasteiger partial charge is 0.353 e. The minimum absolute atomic E-state index is 0.205. The van der Waals surface area contributed by atoms with Crippen LogP contribution in [0.5, 0.6) is 0 Å². The van der Waals surface area contributed by atoms with Crippen LogP contribution in [0.4, 0.5) is 15.9 Å². The molecule has 1 saturated heterocycles. The summed E-state index contributed by atoms with van der Waals surface area (Å²) in [7, 11) is 0. The number of hydrogen-bond donors (Lipinski definition) is 0. The van der Waals surface area contributed by atoms with Crippen LogP contribution in [-0.2, 0) is 0 Å². The zero-order valence-corrected chi connectivity index (χ0v) is 13.6. The molecular formula is C16H16FN5O3. The van der Waals surface area contributed by atoms with Gasteiger partial charge in [-0.15, -0.1) is 0 Å². The number of hydrogen-bond acceptors (Lipinski definition) is 6. The Hall–Kier alpha value is -3.10. The molecule has 8 nitrogen and oxygen atoms in total. The summed E-state index contributed by atoms with van der Waals surface area (Å²) in [6.07, 6.45) is 2.30. The molecule has 1 aliphatic rings. The Morgan fingerprint density at radius 1 is 1.20 bits per heavy atom. The minimum atomic E-state index is -0.568. The summed E-state index contributed by atoms with van der Waals surface area (Å²) < 4.78 is 12.9. The number of pyridine rings is 2. The van der Waals surface area contributed by atoms with E-state index in [1.165, 1.54) is 12.1 Å². The Labute approximate surface area is 143 Å². The number of piperazine rings is 1. The number of anilines is 1. The third-order valence-electron chi connectivity index (χ3n) is 4.12. The molecule has 0 bridgehead atoms. The van der Waals surface area contributed by atoms with Crippen LogP contribution >= 0.6 is 0 Å². The van der Waals surface area contributed by atoms with Crippen molar-refractivity contribution in [1.82, 2.24) is 14.9 Å². The predicted molar refractivity (Wildman–Crippen MR) is 87.9 cm³/mol. The molecule has 3 rings (SSSR count). The summed E-state index contributed by atoms with van der Waals surface area (Å²) >= 11 is 0. The molecule has 0 aromatic carbocycles. The molecule has 0 unspecified atom stereocenters.